The number of hydrogen-bond donors (Lipinski definition) is 0. The fourth-order valence-corrected chi connectivity index (χ4v) is 2.01. The number of aromatic nitrogens is 2. The van der Waals surface area contributed by atoms with Crippen LogP contribution in [0.15, 0.2) is 30.6 Å². The summed E-state index contributed by atoms with van der Waals surface area (Å²) in [4.78, 5) is 33.6. The van der Waals surface area contributed by atoms with E-state index >= 15 is 0 Å². The van der Waals surface area contributed by atoms with E-state index in [9.17, 15) is 9.59 Å². The van der Waals surface area contributed by atoms with Crippen LogP contribution in [0.4, 0.5) is 0 Å². The Hall–Kier alpha value is -2.50. The summed E-state index contributed by atoms with van der Waals surface area (Å²) in [5, 5.41) is 0. The van der Waals surface area contributed by atoms with Gasteiger partial charge in [0.1, 0.15) is 0 Å². The third-order valence-corrected chi connectivity index (χ3v) is 3.20. The molecule has 1 heterocycles. The molecule has 1 amide bonds. The molecule has 0 atom stereocenters. The van der Waals surface area contributed by atoms with Crippen LogP contribution in [0.3, 0.4) is 0 Å². The number of carbonyl (C=O) groups excluding carboxylic acids is 2. The Morgan fingerprint density at radius 1 is 1.19 bits per heavy atom. The Kier molecular flexibility index (Phi) is 4.81. The molecule has 1 aromatic heterocycles. The smallest absolute Gasteiger partial charge is 0.307 e. The van der Waals surface area contributed by atoms with E-state index in [1.165, 1.54) is 7.11 Å². The van der Waals surface area contributed by atoms with E-state index in [1.807, 2.05) is 6.92 Å². The van der Waals surface area contributed by atoms with Crippen LogP contribution in [0.5, 0.6) is 0 Å². The molecule has 110 valence electrons. The molecule has 21 heavy (non-hydrogen) atoms. The van der Waals surface area contributed by atoms with Gasteiger partial charge in [-0.15, -0.1) is 0 Å². The van der Waals surface area contributed by atoms with Crippen LogP contribution in [0, 0.1) is 0 Å². The normalized spacial score (nSPS) is 10.4. The minimum atomic E-state index is -0.328. The Morgan fingerprint density at radius 3 is 2.57 bits per heavy atom. The highest BCUT2D eigenvalue weighted by Gasteiger charge is 2.16. The lowest BCUT2D eigenvalue weighted by Crippen LogP contribution is -2.33. The number of hydrogen-bond acceptors (Lipinski definition) is 5. The molecule has 6 nitrogen and oxygen atoms in total. The lowest BCUT2D eigenvalue weighted by Gasteiger charge is -2.20. The molecular weight excluding hydrogens is 270 g/mol. The largest absolute Gasteiger partial charge is 0.469 e. The molecule has 0 aliphatic heterocycles. The fourth-order valence-electron chi connectivity index (χ4n) is 2.01. The van der Waals surface area contributed by atoms with Gasteiger partial charge in [-0.2, -0.15) is 0 Å². The molecule has 1 aromatic carbocycles. The first-order valence-corrected chi connectivity index (χ1v) is 6.72. The molecule has 0 aliphatic carbocycles. The molecule has 6 heteroatoms. The summed E-state index contributed by atoms with van der Waals surface area (Å²) in [6.45, 7) is 2.73. The van der Waals surface area contributed by atoms with E-state index in [2.05, 4.69) is 14.7 Å². The summed E-state index contributed by atoms with van der Waals surface area (Å²) in [5.74, 6) is -0.459. The second-order valence-corrected chi connectivity index (χ2v) is 4.47. The molecule has 0 bridgehead atoms. The maximum atomic E-state index is 12.4. The van der Waals surface area contributed by atoms with Crippen LogP contribution in [-0.4, -0.2) is 46.9 Å². The van der Waals surface area contributed by atoms with Crippen molar-refractivity contribution < 1.29 is 14.3 Å². The number of nitrogens with zero attached hydrogens (tertiary/aromatic N) is 3. The van der Waals surface area contributed by atoms with Gasteiger partial charge in [-0.05, 0) is 25.1 Å². The molecule has 2 rings (SSSR count). The Bertz CT molecular complexity index is 657. The SMILES string of the molecule is CCN(CCC(=O)OC)C(=O)c1ccc2nccnc2c1. The monoisotopic (exact) mass is 287 g/mol. The van der Waals surface area contributed by atoms with E-state index in [1.54, 1.807) is 35.5 Å². The van der Waals surface area contributed by atoms with E-state index in [0.717, 1.165) is 5.52 Å². The molecule has 0 aliphatic rings. The average molecular weight is 287 g/mol. The average Bonchev–Trinajstić information content (AvgIpc) is 2.54. The third-order valence-electron chi connectivity index (χ3n) is 3.20. The number of amides is 1. The topological polar surface area (TPSA) is 72.4 Å². The number of esters is 1. The summed E-state index contributed by atoms with van der Waals surface area (Å²) in [6, 6.07) is 5.20. The van der Waals surface area contributed by atoms with Crippen molar-refractivity contribution in [2.75, 3.05) is 20.2 Å². The Balaban J connectivity index is 2.16. The van der Waals surface area contributed by atoms with Gasteiger partial charge >= 0.3 is 5.97 Å². The second-order valence-electron chi connectivity index (χ2n) is 4.47. The summed E-state index contributed by atoms with van der Waals surface area (Å²) in [7, 11) is 1.34. The van der Waals surface area contributed by atoms with Crippen molar-refractivity contribution in [2.24, 2.45) is 0 Å². The number of fused-ring (bicyclic) bond motifs is 1. The minimum Gasteiger partial charge on any atom is -0.469 e. The first kappa shape index (κ1) is 14.9. The van der Waals surface area contributed by atoms with Crippen LogP contribution in [0.25, 0.3) is 11.0 Å². The first-order chi connectivity index (χ1) is 10.2. The summed E-state index contributed by atoms with van der Waals surface area (Å²) in [5.41, 5.74) is 1.95. The zero-order chi connectivity index (χ0) is 15.2. The van der Waals surface area contributed by atoms with Crippen molar-refractivity contribution in [3.05, 3.63) is 36.2 Å². The lowest BCUT2D eigenvalue weighted by molar-refractivity contribution is -0.140. The Labute approximate surface area is 122 Å². The fraction of sp³-hybridized carbons (Fsp3) is 0.333. The van der Waals surface area contributed by atoms with Gasteiger partial charge in [-0.3, -0.25) is 19.6 Å². The highest BCUT2D eigenvalue weighted by atomic mass is 16.5. The second kappa shape index (κ2) is 6.78. The van der Waals surface area contributed by atoms with Crippen LogP contribution >= 0.6 is 0 Å². The maximum absolute atomic E-state index is 12.4. The van der Waals surface area contributed by atoms with Gasteiger partial charge in [-0.1, -0.05) is 0 Å². The van der Waals surface area contributed by atoms with Crippen molar-refractivity contribution in [1.82, 2.24) is 14.9 Å². The van der Waals surface area contributed by atoms with Crippen LogP contribution in [0.1, 0.15) is 23.7 Å². The molecule has 0 saturated heterocycles. The summed E-state index contributed by atoms with van der Waals surface area (Å²) < 4.78 is 4.59. The van der Waals surface area contributed by atoms with Crippen LogP contribution < -0.4 is 0 Å². The van der Waals surface area contributed by atoms with Crippen molar-refractivity contribution in [2.45, 2.75) is 13.3 Å². The predicted molar refractivity (Wildman–Crippen MR) is 77.7 cm³/mol. The molecule has 0 saturated carbocycles. The minimum absolute atomic E-state index is 0.131. The predicted octanol–water partition coefficient (Wildman–Crippen LogP) is 1.65. The van der Waals surface area contributed by atoms with Gasteiger partial charge < -0.3 is 9.64 Å². The zero-order valence-electron chi connectivity index (χ0n) is 12.1. The van der Waals surface area contributed by atoms with Crippen molar-refractivity contribution >= 4 is 22.9 Å². The van der Waals surface area contributed by atoms with Gasteiger partial charge in [0.15, 0.2) is 0 Å². The maximum Gasteiger partial charge on any atom is 0.307 e. The van der Waals surface area contributed by atoms with Gasteiger partial charge in [-0.25, -0.2) is 0 Å². The first-order valence-electron chi connectivity index (χ1n) is 6.72. The molecule has 0 fully saturated rings. The van der Waals surface area contributed by atoms with Gasteiger partial charge in [0.05, 0.1) is 24.6 Å². The number of rotatable bonds is 5. The standard InChI is InChI=1S/C15H17N3O3/c1-3-18(9-6-14(19)21-2)15(20)11-4-5-12-13(10-11)17-8-7-16-12/h4-5,7-8,10H,3,6,9H2,1-2H3. The highest BCUT2D eigenvalue weighted by molar-refractivity contribution is 5.97. The zero-order valence-corrected chi connectivity index (χ0v) is 12.1. The molecular formula is C15H17N3O3. The van der Waals surface area contributed by atoms with Gasteiger partial charge in [0.25, 0.3) is 5.91 Å². The summed E-state index contributed by atoms with van der Waals surface area (Å²) >= 11 is 0. The van der Waals surface area contributed by atoms with Crippen LogP contribution in [-0.2, 0) is 9.53 Å². The Morgan fingerprint density at radius 2 is 1.90 bits per heavy atom. The van der Waals surface area contributed by atoms with Crippen molar-refractivity contribution in [3.63, 3.8) is 0 Å². The highest BCUT2D eigenvalue weighted by Crippen LogP contribution is 2.13. The quantitative estimate of drug-likeness (QED) is 0.782. The lowest BCUT2D eigenvalue weighted by atomic mass is 10.1. The van der Waals surface area contributed by atoms with E-state index in [0.29, 0.717) is 24.2 Å². The van der Waals surface area contributed by atoms with E-state index < -0.39 is 0 Å². The molecule has 0 unspecified atom stereocenters. The molecule has 2 aromatic rings. The number of methoxy groups -OCH3 is 1. The van der Waals surface area contributed by atoms with E-state index in [4.69, 9.17) is 0 Å². The number of carbonyl (C=O) groups is 2. The summed E-state index contributed by atoms with van der Waals surface area (Å²) in [6.07, 6.45) is 3.38. The van der Waals surface area contributed by atoms with Crippen molar-refractivity contribution in [3.8, 4) is 0 Å². The van der Waals surface area contributed by atoms with Crippen molar-refractivity contribution in [1.29, 1.82) is 0 Å². The molecule has 0 radical (unpaired) electrons. The van der Waals surface area contributed by atoms with Gasteiger partial charge in [0, 0.05) is 31.0 Å². The number of benzene rings is 1. The van der Waals surface area contributed by atoms with Gasteiger partial charge in [0.2, 0.25) is 0 Å². The molecule has 0 N–H and O–H groups in total. The number of ether oxygens (including phenoxy) is 1. The van der Waals surface area contributed by atoms with E-state index in [-0.39, 0.29) is 18.3 Å². The third kappa shape index (κ3) is 3.53. The molecule has 0 spiro atoms. The van der Waals surface area contributed by atoms with Crippen LogP contribution in [0.2, 0.25) is 0 Å².